The molecule has 2 aromatic rings. The molecule has 2 atom stereocenters. The third kappa shape index (κ3) is 4.63. The first-order valence-electron chi connectivity index (χ1n) is 10.3. The first kappa shape index (κ1) is 19.9. The summed E-state index contributed by atoms with van der Waals surface area (Å²) in [5.41, 5.74) is 2.20. The van der Waals surface area contributed by atoms with Crippen molar-refractivity contribution in [3.05, 3.63) is 59.7 Å². The normalized spacial score (nSPS) is 23.9. The van der Waals surface area contributed by atoms with Crippen molar-refractivity contribution in [3.8, 4) is 0 Å². The number of aryl methyl sites for hydroxylation is 1. The largest absolute Gasteiger partial charge is 0.393 e. The van der Waals surface area contributed by atoms with Gasteiger partial charge in [-0.15, -0.1) is 0 Å². The lowest BCUT2D eigenvalue weighted by molar-refractivity contribution is -0.0772. The van der Waals surface area contributed by atoms with Gasteiger partial charge in [0.05, 0.1) is 36.7 Å². The Morgan fingerprint density at radius 2 is 1.90 bits per heavy atom. The molecular weight excluding hydrogens is 368 g/mol. The van der Waals surface area contributed by atoms with E-state index in [4.69, 9.17) is 4.74 Å². The van der Waals surface area contributed by atoms with Crippen LogP contribution in [-0.4, -0.2) is 75.8 Å². The van der Waals surface area contributed by atoms with Gasteiger partial charge in [-0.25, -0.2) is 4.98 Å². The highest BCUT2D eigenvalue weighted by molar-refractivity contribution is 5.92. The van der Waals surface area contributed by atoms with Gasteiger partial charge < -0.3 is 19.6 Å². The monoisotopic (exact) mass is 396 g/mol. The first-order chi connectivity index (χ1) is 14.1. The fraction of sp³-hybridized carbons (Fsp3) is 0.500. The van der Waals surface area contributed by atoms with Crippen LogP contribution in [0.15, 0.2) is 42.7 Å². The van der Waals surface area contributed by atoms with Crippen LogP contribution in [0.2, 0.25) is 0 Å². The van der Waals surface area contributed by atoms with E-state index in [9.17, 15) is 9.90 Å². The second kappa shape index (κ2) is 8.98. The molecule has 4 rings (SSSR count). The van der Waals surface area contributed by atoms with Crippen molar-refractivity contribution in [3.63, 3.8) is 0 Å². The summed E-state index contributed by atoms with van der Waals surface area (Å²) in [5.74, 6) is -0.117. The molecule has 29 heavy (non-hydrogen) atoms. The van der Waals surface area contributed by atoms with Crippen LogP contribution in [0.3, 0.4) is 0 Å². The molecule has 1 amide bonds. The molecular formula is C22H28N4O3. The molecule has 2 saturated heterocycles. The number of rotatable bonds is 4. The Bertz CT molecular complexity index is 807. The predicted molar refractivity (Wildman–Crippen MR) is 108 cm³/mol. The lowest BCUT2D eigenvalue weighted by Crippen LogP contribution is -2.53. The van der Waals surface area contributed by atoms with E-state index in [1.165, 1.54) is 0 Å². The summed E-state index contributed by atoms with van der Waals surface area (Å²) in [6.45, 7) is 5.29. The van der Waals surface area contributed by atoms with Crippen molar-refractivity contribution in [2.75, 3.05) is 32.8 Å². The van der Waals surface area contributed by atoms with Gasteiger partial charge >= 0.3 is 0 Å². The molecule has 2 aliphatic heterocycles. The van der Waals surface area contributed by atoms with Crippen molar-refractivity contribution < 1.29 is 14.6 Å². The quantitative estimate of drug-likeness (QED) is 0.849. The number of aromatic nitrogens is 2. The number of hydrogen-bond donors (Lipinski definition) is 1. The molecule has 154 valence electrons. The third-order valence-electron chi connectivity index (χ3n) is 5.75. The zero-order valence-electron chi connectivity index (χ0n) is 16.8. The van der Waals surface area contributed by atoms with Crippen LogP contribution in [0.25, 0.3) is 0 Å². The van der Waals surface area contributed by atoms with E-state index in [1.807, 2.05) is 42.2 Å². The summed E-state index contributed by atoms with van der Waals surface area (Å²) in [7, 11) is 0. The van der Waals surface area contributed by atoms with E-state index in [-0.39, 0.29) is 24.2 Å². The summed E-state index contributed by atoms with van der Waals surface area (Å²) in [4.78, 5) is 26.0. The molecule has 0 unspecified atom stereocenters. The van der Waals surface area contributed by atoms with Crippen molar-refractivity contribution in [2.45, 2.75) is 38.0 Å². The van der Waals surface area contributed by atoms with Crippen LogP contribution in [0, 0.1) is 6.92 Å². The zero-order valence-corrected chi connectivity index (χ0v) is 16.8. The van der Waals surface area contributed by atoms with Crippen LogP contribution in [0.5, 0.6) is 0 Å². The number of piperidine rings is 1. The fourth-order valence-electron chi connectivity index (χ4n) is 4.17. The second-order valence-electron chi connectivity index (χ2n) is 7.84. The van der Waals surface area contributed by atoms with Crippen LogP contribution < -0.4 is 0 Å². The fourth-order valence-corrected chi connectivity index (χ4v) is 4.17. The number of aliphatic hydroxyl groups excluding tert-OH is 1. The van der Waals surface area contributed by atoms with E-state index in [0.717, 1.165) is 43.7 Å². The lowest BCUT2D eigenvalue weighted by atomic mass is 9.96. The molecule has 0 saturated carbocycles. The summed E-state index contributed by atoms with van der Waals surface area (Å²) in [6.07, 6.45) is 4.40. The number of hydrogen-bond acceptors (Lipinski definition) is 6. The molecule has 1 aromatic heterocycles. The van der Waals surface area contributed by atoms with Crippen LogP contribution in [0.4, 0.5) is 0 Å². The highest BCUT2D eigenvalue weighted by Crippen LogP contribution is 2.31. The number of carbonyl (C=O) groups excluding carboxylic acids is 1. The number of aliphatic hydroxyl groups is 1. The Labute approximate surface area is 171 Å². The first-order valence-corrected chi connectivity index (χ1v) is 10.3. The van der Waals surface area contributed by atoms with E-state index < -0.39 is 0 Å². The van der Waals surface area contributed by atoms with Crippen LogP contribution in [0.1, 0.15) is 40.6 Å². The van der Waals surface area contributed by atoms with E-state index in [0.29, 0.717) is 18.8 Å². The molecule has 2 fully saturated rings. The summed E-state index contributed by atoms with van der Waals surface area (Å²) in [5, 5.41) is 9.80. The SMILES string of the molecule is Cc1cnc(C(=O)N2CCO[C@@H](CN3CCC(O)CC3)[C@@H]2c2ccccc2)cn1. The molecule has 2 aliphatic rings. The number of amides is 1. The van der Waals surface area contributed by atoms with Crippen molar-refractivity contribution in [1.82, 2.24) is 19.8 Å². The van der Waals surface area contributed by atoms with Gasteiger partial charge in [0, 0.05) is 32.4 Å². The minimum absolute atomic E-state index is 0.117. The topological polar surface area (TPSA) is 78.8 Å². The molecule has 0 spiro atoms. The van der Waals surface area contributed by atoms with Gasteiger partial charge in [-0.1, -0.05) is 30.3 Å². The van der Waals surface area contributed by atoms with Crippen molar-refractivity contribution in [1.29, 1.82) is 0 Å². The average Bonchev–Trinajstić information content (AvgIpc) is 2.76. The Kier molecular flexibility index (Phi) is 6.18. The summed E-state index contributed by atoms with van der Waals surface area (Å²) in [6, 6.07) is 9.87. The number of carbonyl (C=O) groups is 1. The molecule has 3 heterocycles. The highest BCUT2D eigenvalue weighted by Gasteiger charge is 2.38. The van der Waals surface area contributed by atoms with E-state index >= 15 is 0 Å². The Morgan fingerprint density at radius 1 is 1.14 bits per heavy atom. The lowest BCUT2D eigenvalue weighted by Gasteiger charge is -2.43. The Balaban J connectivity index is 1.59. The molecule has 0 aliphatic carbocycles. The van der Waals surface area contributed by atoms with Gasteiger partial charge in [0.2, 0.25) is 0 Å². The molecule has 1 N–H and O–H groups in total. The minimum Gasteiger partial charge on any atom is -0.393 e. The molecule has 0 bridgehead atoms. The highest BCUT2D eigenvalue weighted by atomic mass is 16.5. The van der Waals surface area contributed by atoms with Crippen LogP contribution in [-0.2, 0) is 4.74 Å². The van der Waals surface area contributed by atoms with Gasteiger partial charge in [0.1, 0.15) is 5.69 Å². The minimum atomic E-state index is -0.207. The maximum Gasteiger partial charge on any atom is 0.274 e. The smallest absolute Gasteiger partial charge is 0.274 e. The zero-order chi connectivity index (χ0) is 20.2. The van der Waals surface area contributed by atoms with Gasteiger partial charge in [-0.3, -0.25) is 9.78 Å². The number of benzene rings is 1. The second-order valence-corrected chi connectivity index (χ2v) is 7.84. The standard InChI is InChI=1S/C22H28N4O3/c1-16-13-24-19(14-23-16)22(28)26-11-12-29-20(15-25-9-7-18(27)8-10-25)21(26)17-5-3-2-4-6-17/h2-6,13-14,18,20-21,27H,7-12,15H2,1H3/t20-,21-/m0/s1. The number of nitrogens with zero attached hydrogens (tertiary/aromatic N) is 4. The molecule has 1 aromatic carbocycles. The van der Waals surface area contributed by atoms with E-state index in [2.05, 4.69) is 14.9 Å². The average molecular weight is 396 g/mol. The van der Waals surface area contributed by atoms with Gasteiger partial charge in [0.15, 0.2) is 0 Å². The summed E-state index contributed by atoms with van der Waals surface area (Å²) < 4.78 is 6.18. The maximum absolute atomic E-state index is 13.3. The van der Waals surface area contributed by atoms with Crippen molar-refractivity contribution in [2.24, 2.45) is 0 Å². The molecule has 7 nitrogen and oxygen atoms in total. The number of ether oxygens (including phenoxy) is 1. The molecule has 0 radical (unpaired) electrons. The Hall–Kier alpha value is -2.35. The maximum atomic E-state index is 13.3. The van der Waals surface area contributed by atoms with Crippen LogP contribution >= 0.6 is 0 Å². The Morgan fingerprint density at radius 3 is 2.59 bits per heavy atom. The van der Waals surface area contributed by atoms with Gasteiger partial charge in [-0.05, 0) is 25.3 Å². The number of likely N-dealkylation sites (tertiary alicyclic amines) is 1. The predicted octanol–water partition coefficient (Wildman–Crippen LogP) is 1.82. The third-order valence-corrected chi connectivity index (χ3v) is 5.75. The van der Waals surface area contributed by atoms with E-state index in [1.54, 1.807) is 12.4 Å². The van der Waals surface area contributed by atoms with Crippen molar-refractivity contribution >= 4 is 5.91 Å². The number of morpholine rings is 1. The van der Waals surface area contributed by atoms with Gasteiger partial charge in [0.25, 0.3) is 5.91 Å². The van der Waals surface area contributed by atoms with Gasteiger partial charge in [-0.2, -0.15) is 0 Å². The summed E-state index contributed by atoms with van der Waals surface area (Å²) >= 11 is 0. The molecule has 7 heteroatoms.